The van der Waals surface area contributed by atoms with Gasteiger partial charge in [0.05, 0.1) is 24.1 Å². The van der Waals surface area contributed by atoms with Gasteiger partial charge in [0.25, 0.3) is 0 Å². The van der Waals surface area contributed by atoms with E-state index in [0.717, 1.165) is 23.8 Å². The number of halogens is 1. The number of rotatable bonds is 13. The molecule has 2 aromatic rings. The van der Waals surface area contributed by atoms with Gasteiger partial charge < -0.3 is 15.0 Å². The predicted molar refractivity (Wildman–Crippen MR) is 149 cm³/mol. The molecule has 0 bridgehead atoms. The number of methoxy groups -OCH3 is 1. The highest BCUT2D eigenvalue weighted by Gasteiger charge is 2.27. The van der Waals surface area contributed by atoms with E-state index in [2.05, 4.69) is 5.32 Å². The molecule has 204 valence electrons. The highest BCUT2D eigenvalue weighted by atomic mass is 35.5. The van der Waals surface area contributed by atoms with Crippen molar-refractivity contribution in [3.8, 4) is 5.75 Å². The van der Waals surface area contributed by atoms with Crippen LogP contribution in [0.4, 0.5) is 5.69 Å². The van der Waals surface area contributed by atoms with E-state index in [1.165, 1.54) is 17.5 Å². The zero-order valence-corrected chi connectivity index (χ0v) is 24.0. The number of ether oxygens (including phenoxy) is 1. The van der Waals surface area contributed by atoms with Crippen LogP contribution in [0.1, 0.15) is 51.2 Å². The molecule has 2 aromatic carbocycles. The first kappa shape index (κ1) is 30.4. The highest BCUT2D eigenvalue weighted by molar-refractivity contribution is 7.92. The summed E-state index contributed by atoms with van der Waals surface area (Å²) in [6.07, 6.45) is 2.22. The van der Waals surface area contributed by atoms with Crippen molar-refractivity contribution in [2.45, 2.75) is 65.6 Å². The third kappa shape index (κ3) is 8.93. The first-order valence-electron chi connectivity index (χ1n) is 12.3. The minimum Gasteiger partial charge on any atom is -0.495 e. The maximum Gasteiger partial charge on any atom is 0.242 e. The molecule has 0 aliphatic rings. The number of nitrogens with one attached hydrogen (secondary N) is 1. The minimum absolute atomic E-state index is 0.00841. The minimum atomic E-state index is -3.63. The summed E-state index contributed by atoms with van der Waals surface area (Å²) < 4.78 is 31.4. The van der Waals surface area contributed by atoms with E-state index in [0.29, 0.717) is 11.4 Å². The largest absolute Gasteiger partial charge is 0.495 e. The number of amides is 2. The molecular weight excluding hydrogens is 514 g/mol. The van der Waals surface area contributed by atoms with Gasteiger partial charge in [-0.2, -0.15) is 0 Å². The molecule has 0 fully saturated rings. The third-order valence-electron chi connectivity index (χ3n) is 6.22. The van der Waals surface area contributed by atoms with Gasteiger partial charge in [-0.05, 0) is 57.4 Å². The summed E-state index contributed by atoms with van der Waals surface area (Å²) in [6.45, 7) is 7.96. The molecule has 0 aromatic heterocycles. The summed E-state index contributed by atoms with van der Waals surface area (Å²) in [5.41, 5.74) is 2.40. The second-order valence-electron chi connectivity index (χ2n) is 9.26. The third-order valence-corrected chi connectivity index (χ3v) is 7.71. The Balaban J connectivity index is 2.19. The number of nitrogens with zero attached hydrogens (tertiary/aromatic N) is 2. The molecule has 37 heavy (non-hydrogen) atoms. The number of carbonyl (C=O) groups excluding carboxylic acids is 2. The summed E-state index contributed by atoms with van der Waals surface area (Å²) in [7, 11) is -2.15. The topological polar surface area (TPSA) is 96.0 Å². The zero-order chi connectivity index (χ0) is 27.8. The fourth-order valence-corrected chi connectivity index (χ4v) is 4.96. The quantitative estimate of drug-likeness (QED) is 0.394. The number of carbonyl (C=O) groups is 2. The SMILES string of the molecule is CC[C@@H](C)NC(=O)[C@@H](C)N(Cc1ccc(C)cc1)C(=O)CCCN(c1ccc(OC)c(Cl)c1)S(C)(=O)=O. The fraction of sp³-hybridized carbons (Fsp3) is 0.481. The number of anilines is 1. The van der Waals surface area contributed by atoms with Crippen molar-refractivity contribution in [3.05, 3.63) is 58.6 Å². The molecule has 2 amide bonds. The summed E-state index contributed by atoms with van der Waals surface area (Å²) >= 11 is 6.20. The van der Waals surface area contributed by atoms with Crippen molar-refractivity contribution in [2.24, 2.45) is 0 Å². The zero-order valence-electron chi connectivity index (χ0n) is 22.5. The Morgan fingerprint density at radius 3 is 2.30 bits per heavy atom. The number of aryl methyl sites for hydroxylation is 1. The Bertz CT molecular complexity index is 1170. The van der Waals surface area contributed by atoms with Crippen molar-refractivity contribution in [3.63, 3.8) is 0 Å². The van der Waals surface area contributed by atoms with Gasteiger partial charge in [-0.15, -0.1) is 0 Å². The lowest BCUT2D eigenvalue weighted by atomic mass is 10.1. The lowest BCUT2D eigenvalue weighted by Crippen LogP contribution is -2.49. The van der Waals surface area contributed by atoms with Crippen LogP contribution in [0.3, 0.4) is 0 Å². The molecule has 2 rings (SSSR count). The lowest BCUT2D eigenvalue weighted by molar-refractivity contribution is -0.140. The number of hydrogen-bond donors (Lipinski definition) is 1. The van der Waals surface area contributed by atoms with E-state index in [4.69, 9.17) is 16.3 Å². The van der Waals surface area contributed by atoms with Gasteiger partial charge in [0.2, 0.25) is 21.8 Å². The average molecular weight is 552 g/mol. The molecule has 0 spiro atoms. The van der Waals surface area contributed by atoms with Gasteiger partial charge in [0.1, 0.15) is 11.8 Å². The van der Waals surface area contributed by atoms with Crippen molar-refractivity contribution in [2.75, 3.05) is 24.2 Å². The second-order valence-corrected chi connectivity index (χ2v) is 11.6. The summed E-state index contributed by atoms with van der Waals surface area (Å²) in [6, 6.07) is 11.8. The van der Waals surface area contributed by atoms with E-state index < -0.39 is 16.1 Å². The molecule has 0 aliphatic carbocycles. The Morgan fingerprint density at radius 1 is 1.11 bits per heavy atom. The molecule has 2 atom stereocenters. The maximum absolute atomic E-state index is 13.4. The summed E-state index contributed by atoms with van der Waals surface area (Å²) in [4.78, 5) is 27.8. The molecule has 0 radical (unpaired) electrons. The summed E-state index contributed by atoms with van der Waals surface area (Å²) in [5.74, 6) is -0.0144. The fourth-order valence-electron chi connectivity index (χ4n) is 3.75. The Morgan fingerprint density at radius 2 is 1.76 bits per heavy atom. The Hall–Kier alpha value is -2.78. The molecule has 8 nitrogen and oxygen atoms in total. The molecule has 0 saturated carbocycles. The van der Waals surface area contributed by atoms with Gasteiger partial charge in [-0.25, -0.2) is 8.42 Å². The first-order chi connectivity index (χ1) is 17.4. The van der Waals surface area contributed by atoms with E-state index in [1.807, 2.05) is 45.0 Å². The van der Waals surface area contributed by atoms with Crippen molar-refractivity contribution >= 4 is 39.1 Å². The first-order valence-corrected chi connectivity index (χ1v) is 14.6. The highest BCUT2D eigenvalue weighted by Crippen LogP contribution is 2.30. The van der Waals surface area contributed by atoms with Gasteiger partial charge in [-0.1, -0.05) is 48.4 Å². The van der Waals surface area contributed by atoms with Crippen LogP contribution >= 0.6 is 11.6 Å². The number of benzene rings is 2. The number of sulfonamides is 1. The normalized spacial score (nSPS) is 12.9. The van der Waals surface area contributed by atoms with Crippen LogP contribution < -0.4 is 14.4 Å². The van der Waals surface area contributed by atoms with Crippen LogP contribution in [0.5, 0.6) is 5.75 Å². The summed E-state index contributed by atoms with van der Waals surface area (Å²) in [5, 5.41) is 3.23. The van der Waals surface area contributed by atoms with Crippen LogP contribution in [0.25, 0.3) is 0 Å². The Labute approximate surface area is 226 Å². The van der Waals surface area contributed by atoms with Crippen molar-refractivity contribution in [1.82, 2.24) is 10.2 Å². The van der Waals surface area contributed by atoms with E-state index in [9.17, 15) is 18.0 Å². The van der Waals surface area contributed by atoms with E-state index in [-0.39, 0.29) is 48.8 Å². The van der Waals surface area contributed by atoms with Gasteiger partial charge >= 0.3 is 0 Å². The van der Waals surface area contributed by atoms with Crippen LogP contribution in [-0.4, -0.2) is 57.1 Å². The molecule has 0 aliphatic heterocycles. The maximum atomic E-state index is 13.4. The second kappa shape index (κ2) is 13.7. The van der Waals surface area contributed by atoms with Crippen molar-refractivity contribution < 1.29 is 22.7 Å². The number of hydrogen-bond acceptors (Lipinski definition) is 5. The van der Waals surface area contributed by atoms with Crippen LogP contribution in [-0.2, 0) is 26.2 Å². The van der Waals surface area contributed by atoms with E-state index >= 15 is 0 Å². The lowest BCUT2D eigenvalue weighted by Gasteiger charge is -2.30. The molecule has 1 N–H and O–H groups in total. The Kier molecular flexibility index (Phi) is 11.3. The molecular formula is C27H38ClN3O5S. The molecule has 0 unspecified atom stereocenters. The molecule has 0 saturated heterocycles. The van der Waals surface area contributed by atoms with E-state index in [1.54, 1.807) is 24.0 Å². The standard InChI is InChI=1S/C27H38ClN3O5S/c1-7-20(3)29-27(33)21(4)30(18-22-12-10-19(2)11-13-22)26(32)9-8-16-31(37(6,34)35)23-14-15-25(36-5)24(28)17-23/h10-15,17,20-21H,7-9,16,18H2,1-6H3,(H,29,33)/t20-,21-/m1/s1. The van der Waals surface area contributed by atoms with Crippen molar-refractivity contribution in [1.29, 1.82) is 0 Å². The monoisotopic (exact) mass is 551 g/mol. The predicted octanol–water partition coefficient (Wildman–Crippen LogP) is 4.54. The van der Waals surface area contributed by atoms with Crippen LogP contribution in [0.2, 0.25) is 5.02 Å². The van der Waals surface area contributed by atoms with Crippen LogP contribution in [0.15, 0.2) is 42.5 Å². The van der Waals surface area contributed by atoms with Gasteiger partial charge in [-0.3, -0.25) is 13.9 Å². The smallest absolute Gasteiger partial charge is 0.242 e. The van der Waals surface area contributed by atoms with Gasteiger partial charge in [0.15, 0.2) is 0 Å². The molecule has 0 heterocycles. The molecule has 10 heteroatoms. The average Bonchev–Trinajstić information content (AvgIpc) is 2.84. The van der Waals surface area contributed by atoms with Gasteiger partial charge in [0, 0.05) is 25.6 Å². The van der Waals surface area contributed by atoms with Crippen LogP contribution in [0, 0.1) is 6.92 Å².